The molecule has 3 aromatic rings. The molecule has 6 heteroatoms. The lowest BCUT2D eigenvalue weighted by molar-refractivity contribution is -0.114. The van der Waals surface area contributed by atoms with Gasteiger partial charge in [0, 0.05) is 30.5 Å². The molecule has 130 valence electrons. The summed E-state index contributed by atoms with van der Waals surface area (Å²) in [7, 11) is 0. The van der Waals surface area contributed by atoms with E-state index in [9.17, 15) is 4.79 Å². The number of anilines is 1. The maximum absolute atomic E-state index is 11.7. The molecule has 0 spiro atoms. The van der Waals surface area contributed by atoms with E-state index < -0.39 is 0 Å². The second kappa shape index (κ2) is 6.86. The third-order valence-electron chi connectivity index (χ3n) is 4.47. The molecule has 3 heterocycles. The summed E-state index contributed by atoms with van der Waals surface area (Å²) in [5.41, 5.74) is 3.55. The van der Waals surface area contributed by atoms with Gasteiger partial charge in [-0.2, -0.15) is 0 Å². The predicted molar refractivity (Wildman–Crippen MR) is 107 cm³/mol. The summed E-state index contributed by atoms with van der Waals surface area (Å²) in [5, 5.41) is 5.02. The molecule has 0 atom stereocenters. The Hall–Kier alpha value is -1.76. The third-order valence-corrected chi connectivity index (χ3v) is 6.66. The number of para-hydroxylation sites is 1. The Morgan fingerprint density at radius 3 is 2.92 bits per heavy atom. The molecular formula is C19H21N3OS2. The number of benzene rings is 1. The minimum Gasteiger partial charge on any atom is -0.317 e. The lowest BCUT2D eigenvalue weighted by atomic mass is 10.0. The average molecular weight is 372 g/mol. The van der Waals surface area contributed by atoms with Crippen molar-refractivity contribution in [2.24, 2.45) is 0 Å². The van der Waals surface area contributed by atoms with E-state index in [0.717, 1.165) is 47.1 Å². The molecule has 4 nitrogen and oxygen atoms in total. The standard InChI is InChI=1S/C19H21N3OS2/c1-3-9-22-10-8-13-16(11-22)25-18(20-12(2)23)17(13)19-21-14-6-4-5-7-15(14)24-19/h4-7H,3,8-11H2,1-2H3,(H,20,23). The van der Waals surface area contributed by atoms with Gasteiger partial charge in [0.2, 0.25) is 5.91 Å². The van der Waals surface area contributed by atoms with Gasteiger partial charge >= 0.3 is 0 Å². The van der Waals surface area contributed by atoms with Crippen LogP contribution < -0.4 is 5.32 Å². The van der Waals surface area contributed by atoms with Crippen molar-refractivity contribution in [1.82, 2.24) is 9.88 Å². The number of thiophene rings is 1. The van der Waals surface area contributed by atoms with Gasteiger partial charge in [-0.15, -0.1) is 22.7 Å². The van der Waals surface area contributed by atoms with Crippen molar-refractivity contribution in [3.05, 3.63) is 34.7 Å². The fraction of sp³-hybridized carbons (Fsp3) is 0.368. The number of aromatic nitrogens is 1. The van der Waals surface area contributed by atoms with E-state index in [4.69, 9.17) is 4.98 Å². The van der Waals surface area contributed by atoms with Gasteiger partial charge in [-0.25, -0.2) is 4.98 Å². The SMILES string of the molecule is CCCN1CCc2c(sc(NC(C)=O)c2-c2nc3ccccc3s2)C1. The number of carbonyl (C=O) groups excluding carboxylic acids is 1. The number of nitrogens with zero attached hydrogens (tertiary/aromatic N) is 2. The molecule has 1 amide bonds. The molecule has 1 N–H and O–H groups in total. The van der Waals surface area contributed by atoms with E-state index in [1.54, 1.807) is 29.6 Å². The molecule has 0 aliphatic carbocycles. The summed E-state index contributed by atoms with van der Waals surface area (Å²) in [6, 6.07) is 8.22. The Bertz CT molecular complexity index is 895. The van der Waals surface area contributed by atoms with Crippen LogP contribution in [-0.4, -0.2) is 28.9 Å². The molecule has 0 radical (unpaired) electrons. The molecule has 0 saturated carbocycles. The second-order valence-corrected chi connectivity index (χ2v) is 8.54. The van der Waals surface area contributed by atoms with E-state index in [1.165, 1.54) is 21.6 Å². The smallest absolute Gasteiger partial charge is 0.221 e. The first-order valence-corrected chi connectivity index (χ1v) is 10.3. The molecule has 0 saturated heterocycles. The number of nitrogens with one attached hydrogen (secondary N) is 1. The lowest BCUT2D eigenvalue weighted by Gasteiger charge is -2.26. The van der Waals surface area contributed by atoms with Crippen molar-refractivity contribution in [2.45, 2.75) is 33.2 Å². The molecular weight excluding hydrogens is 350 g/mol. The number of thiazole rings is 1. The van der Waals surface area contributed by atoms with Crippen LogP contribution >= 0.6 is 22.7 Å². The lowest BCUT2D eigenvalue weighted by Crippen LogP contribution is -2.30. The molecule has 25 heavy (non-hydrogen) atoms. The highest BCUT2D eigenvalue weighted by molar-refractivity contribution is 7.22. The van der Waals surface area contributed by atoms with Crippen LogP contribution in [0.15, 0.2) is 24.3 Å². The summed E-state index contributed by atoms with van der Waals surface area (Å²) in [4.78, 5) is 20.4. The molecule has 4 rings (SSSR count). The molecule has 0 bridgehead atoms. The Morgan fingerprint density at radius 2 is 2.16 bits per heavy atom. The topological polar surface area (TPSA) is 45.2 Å². The highest BCUT2D eigenvalue weighted by Gasteiger charge is 2.27. The van der Waals surface area contributed by atoms with Crippen molar-refractivity contribution in [1.29, 1.82) is 0 Å². The fourth-order valence-corrected chi connectivity index (χ4v) is 5.86. The van der Waals surface area contributed by atoms with E-state index in [2.05, 4.69) is 29.3 Å². The van der Waals surface area contributed by atoms with Gasteiger partial charge < -0.3 is 5.32 Å². The number of carbonyl (C=O) groups is 1. The van der Waals surface area contributed by atoms with Gasteiger partial charge in [0.05, 0.1) is 10.2 Å². The van der Waals surface area contributed by atoms with Crippen LogP contribution in [0.3, 0.4) is 0 Å². The summed E-state index contributed by atoms with van der Waals surface area (Å²) in [6.45, 7) is 6.98. The fourth-order valence-electron chi connectivity index (χ4n) is 3.42. The summed E-state index contributed by atoms with van der Waals surface area (Å²) in [5.74, 6) is -0.0219. The number of amides is 1. The Labute approximate surface area is 155 Å². The van der Waals surface area contributed by atoms with Crippen LogP contribution in [0.2, 0.25) is 0 Å². The summed E-state index contributed by atoms with van der Waals surface area (Å²) in [6.07, 6.45) is 2.20. The van der Waals surface area contributed by atoms with Gasteiger partial charge in [0.15, 0.2) is 0 Å². The van der Waals surface area contributed by atoms with Crippen LogP contribution in [0.5, 0.6) is 0 Å². The van der Waals surface area contributed by atoms with Gasteiger partial charge in [-0.1, -0.05) is 19.1 Å². The molecule has 1 aliphatic heterocycles. The van der Waals surface area contributed by atoms with Crippen LogP contribution in [0.4, 0.5) is 5.00 Å². The Morgan fingerprint density at radius 1 is 1.32 bits per heavy atom. The van der Waals surface area contributed by atoms with E-state index in [0.29, 0.717) is 0 Å². The quantitative estimate of drug-likeness (QED) is 0.720. The number of fused-ring (bicyclic) bond motifs is 2. The van der Waals surface area contributed by atoms with Gasteiger partial charge in [0.1, 0.15) is 10.0 Å². The Balaban J connectivity index is 1.81. The zero-order chi connectivity index (χ0) is 17.4. The molecule has 1 aliphatic rings. The second-order valence-electron chi connectivity index (χ2n) is 6.40. The minimum absolute atomic E-state index is 0.0219. The largest absolute Gasteiger partial charge is 0.317 e. The van der Waals surface area contributed by atoms with Crippen molar-refractivity contribution in [3.63, 3.8) is 0 Å². The van der Waals surface area contributed by atoms with E-state index in [-0.39, 0.29) is 5.91 Å². The van der Waals surface area contributed by atoms with Crippen molar-refractivity contribution in [3.8, 4) is 10.6 Å². The summed E-state index contributed by atoms with van der Waals surface area (Å²) >= 11 is 3.43. The van der Waals surface area contributed by atoms with Gasteiger partial charge in [-0.3, -0.25) is 9.69 Å². The number of hydrogen-bond donors (Lipinski definition) is 1. The molecule has 2 aromatic heterocycles. The third kappa shape index (κ3) is 3.21. The number of rotatable bonds is 4. The van der Waals surface area contributed by atoms with Crippen molar-refractivity contribution >= 4 is 43.8 Å². The maximum atomic E-state index is 11.7. The van der Waals surface area contributed by atoms with Crippen molar-refractivity contribution in [2.75, 3.05) is 18.4 Å². The predicted octanol–water partition coefficient (Wildman–Crippen LogP) is 4.75. The zero-order valence-corrected chi connectivity index (χ0v) is 16.1. The Kier molecular flexibility index (Phi) is 4.58. The number of hydrogen-bond acceptors (Lipinski definition) is 5. The molecule has 0 unspecified atom stereocenters. The normalized spacial score (nSPS) is 14.6. The molecule has 1 aromatic carbocycles. The average Bonchev–Trinajstić information content (AvgIpc) is 3.14. The van der Waals surface area contributed by atoms with Crippen LogP contribution in [0.25, 0.3) is 20.8 Å². The summed E-state index contributed by atoms with van der Waals surface area (Å²) < 4.78 is 1.19. The zero-order valence-electron chi connectivity index (χ0n) is 14.5. The first-order chi connectivity index (χ1) is 12.2. The maximum Gasteiger partial charge on any atom is 0.221 e. The highest BCUT2D eigenvalue weighted by Crippen LogP contribution is 2.45. The highest BCUT2D eigenvalue weighted by atomic mass is 32.1. The van der Waals surface area contributed by atoms with Crippen molar-refractivity contribution < 1.29 is 4.79 Å². The first kappa shape index (κ1) is 16.7. The molecule has 0 fully saturated rings. The van der Waals surface area contributed by atoms with Gasteiger partial charge in [-0.05, 0) is 37.1 Å². The van der Waals surface area contributed by atoms with Gasteiger partial charge in [0.25, 0.3) is 0 Å². The first-order valence-electron chi connectivity index (χ1n) is 8.66. The monoisotopic (exact) mass is 371 g/mol. The van der Waals surface area contributed by atoms with E-state index in [1.807, 2.05) is 12.1 Å². The van der Waals surface area contributed by atoms with Crippen LogP contribution in [0, 0.1) is 0 Å². The van der Waals surface area contributed by atoms with Crippen LogP contribution in [-0.2, 0) is 17.8 Å². The van der Waals surface area contributed by atoms with Crippen LogP contribution in [0.1, 0.15) is 30.7 Å². The minimum atomic E-state index is -0.0219. The van der Waals surface area contributed by atoms with E-state index >= 15 is 0 Å².